The van der Waals surface area contributed by atoms with E-state index in [1.807, 2.05) is 0 Å². The van der Waals surface area contributed by atoms with Crippen LogP contribution in [-0.4, -0.2) is 61.5 Å². The molecule has 2 atom stereocenters. The van der Waals surface area contributed by atoms with Crippen molar-refractivity contribution in [1.82, 2.24) is 9.91 Å². The zero-order chi connectivity index (χ0) is 10.8. The molecule has 0 saturated carbocycles. The first-order chi connectivity index (χ1) is 7.20. The van der Waals surface area contributed by atoms with Crippen LogP contribution in [-0.2, 0) is 9.47 Å². The first-order valence-electron chi connectivity index (χ1n) is 4.84. The van der Waals surface area contributed by atoms with Crippen LogP contribution in [0.4, 0.5) is 4.79 Å². The third-order valence-corrected chi connectivity index (χ3v) is 2.35. The van der Waals surface area contributed by atoms with Crippen molar-refractivity contribution in [3.8, 4) is 0 Å². The van der Waals surface area contributed by atoms with Crippen LogP contribution in [0.3, 0.4) is 0 Å². The molecule has 2 heterocycles. The molecule has 2 aliphatic heterocycles. The fraction of sp³-hybridized carbons (Fsp3) is 0.778. The molecule has 82 valence electrons. The van der Waals surface area contributed by atoms with E-state index in [4.69, 9.17) is 16.0 Å². The number of hydrogen-bond acceptors (Lipinski definition) is 3. The number of ether oxygens (including phenoxy) is 2. The molecule has 2 saturated heterocycles. The highest BCUT2D eigenvalue weighted by atomic mass is 16.6. The fourth-order valence-electron chi connectivity index (χ4n) is 1.32. The summed E-state index contributed by atoms with van der Waals surface area (Å²) in [6.07, 6.45) is 0.290. The van der Waals surface area contributed by atoms with Crippen molar-refractivity contribution in [2.24, 2.45) is 0 Å². The summed E-state index contributed by atoms with van der Waals surface area (Å²) in [6, 6.07) is -0.281. The minimum atomic E-state index is -0.281. The molecule has 2 fully saturated rings. The Hall–Kier alpha value is -1.32. The molecular formula is C9H13N3O3. The van der Waals surface area contributed by atoms with Crippen molar-refractivity contribution >= 4 is 6.03 Å². The first-order valence-corrected chi connectivity index (χ1v) is 4.84. The van der Waals surface area contributed by atoms with Gasteiger partial charge in [0, 0.05) is 0 Å². The maximum Gasteiger partial charge on any atom is 0.385 e. The van der Waals surface area contributed by atoms with Gasteiger partial charge in [-0.2, -0.15) is 11.5 Å². The molecule has 2 aliphatic rings. The van der Waals surface area contributed by atoms with Crippen molar-refractivity contribution in [2.75, 3.05) is 33.4 Å². The molecule has 0 spiro atoms. The summed E-state index contributed by atoms with van der Waals surface area (Å²) in [5.74, 6) is 0. The molecule has 0 aromatic rings. The smallest absolute Gasteiger partial charge is 0.371 e. The normalized spacial score (nSPS) is 26.7. The van der Waals surface area contributed by atoms with Crippen LogP contribution in [0.2, 0.25) is 0 Å². The van der Waals surface area contributed by atoms with Gasteiger partial charge < -0.3 is 14.4 Å². The third-order valence-electron chi connectivity index (χ3n) is 2.35. The summed E-state index contributed by atoms with van der Waals surface area (Å²) >= 11 is 0. The van der Waals surface area contributed by atoms with Crippen LogP contribution in [0.15, 0.2) is 0 Å². The molecule has 0 N–H and O–H groups in total. The molecule has 6 nitrogen and oxygen atoms in total. The molecule has 6 heteroatoms. The van der Waals surface area contributed by atoms with Gasteiger partial charge >= 0.3 is 6.03 Å². The lowest BCUT2D eigenvalue weighted by Crippen LogP contribution is -2.42. The first kappa shape index (κ1) is 10.2. The summed E-state index contributed by atoms with van der Waals surface area (Å²) in [5.41, 5.74) is 0. The number of epoxide rings is 2. The van der Waals surface area contributed by atoms with E-state index in [1.54, 1.807) is 4.90 Å². The Morgan fingerprint density at radius 1 is 1.40 bits per heavy atom. The van der Waals surface area contributed by atoms with E-state index in [1.165, 1.54) is 7.05 Å². The van der Waals surface area contributed by atoms with Crippen molar-refractivity contribution in [2.45, 2.75) is 12.2 Å². The van der Waals surface area contributed by atoms with Gasteiger partial charge in [-0.25, -0.2) is 4.79 Å². The predicted molar refractivity (Wildman–Crippen MR) is 50.8 cm³/mol. The van der Waals surface area contributed by atoms with Gasteiger partial charge in [0.15, 0.2) is 0 Å². The number of carbonyl (C=O) groups is 1. The second-order valence-electron chi connectivity index (χ2n) is 3.72. The van der Waals surface area contributed by atoms with Crippen LogP contribution in [0, 0.1) is 6.57 Å². The number of nitrogens with zero attached hydrogens (tertiary/aromatic N) is 3. The Bertz CT molecular complexity index is 279. The van der Waals surface area contributed by atoms with E-state index in [9.17, 15) is 4.79 Å². The summed E-state index contributed by atoms with van der Waals surface area (Å²) < 4.78 is 10.1. The van der Waals surface area contributed by atoms with Crippen molar-refractivity contribution in [1.29, 1.82) is 0 Å². The van der Waals surface area contributed by atoms with E-state index in [0.29, 0.717) is 26.3 Å². The van der Waals surface area contributed by atoms with Crippen molar-refractivity contribution in [3.63, 3.8) is 0 Å². The zero-order valence-electron chi connectivity index (χ0n) is 8.55. The van der Waals surface area contributed by atoms with Gasteiger partial charge in [-0.15, -0.1) is 0 Å². The molecule has 0 bridgehead atoms. The van der Waals surface area contributed by atoms with Gasteiger partial charge in [0.25, 0.3) is 0 Å². The topological polar surface area (TPSA) is 53.0 Å². The second-order valence-corrected chi connectivity index (χ2v) is 3.72. The van der Waals surface area contributed by atoms with E-state index in [-0.39, 0.29) is 18.2 Å². The molecule has 2 unspecified atom stereocenters. The number of hydrogen-bond donors (Lipinski definition) is 0. The molecule has 15 heavy (non-hydrogen) atoms. The maximum absolute atomic E-state index is 11.7. The fourth-order valence-corrected chi connectivity index (χ4v) is 1.32. The highest BCUT2D eigenvalue weighted by Gasteiger charge is 2.35. The Kier molecular flexibility index (Phi) is 2.75. The highest BCUT2D eigenvalue weighted by Crippen LogP contribution is 2.16. The number of amides is 2. The van der Waals surface area contributed by atoms with E-state index < -0.39 is 0 Å². The summed E-state index contributed by atoms with van der Waals surface area (Å²) in [6.45, 7) is 9.29. The Morgan fingerprint density at radius 2 is 1.87 bits per heavy atom. The standard InChI is InChI=1S/C9H13N3O3/c1-10-11(2)9(13)12(3-7-5-14-7)4-8-6-15-8/h7-8H,3-6H2,2H3. The predicted octanol–water partition coefficient (Wildman–Crippen LogP) is -0.0279. The molecular weight excluding hydrogens is 198 g/mol. The lowest BCUT2D eigenvalue weighted by molar-refractivity contribution is 0.164. The maximum atomic E-state index is 11.7. The average Bonchev–Trinajstić information content (AvgIpc) is 3.08. The summed E-state index contributed by atoms with van der Waals surface area (Å²) in [7, 11) is 1.46. The lowest BCUT2D eigenvalue weighted by Gasteiger charge is -2.20. The largest absolute Gasteiger partial charge is 0.385 e. The number of carbonyl (C=O) groups excluding carboxylic acids is 1. The van der Waals surface area contributed by atoms with Crippen LogP contribution in [0.1, 0.15) is 0 Å². The van der Waals surface area contributed by atoms with E-state index >= 15 is 0 Å². The highest BCUT2D eigenvalue weighted by molar-refractivity contribution is 5.74. The molecule has 2 amide bonds. The quantitative estimate of drug-likeness (QED) is 0.373. The molecule has 0 radical (unpaired) electrons. The molecule has 0 aromatic carbocycles. The van der Waals surface area contributed by atoms with Crippen LogP contribution in [0.25, 0.3) is 4.95 Å². The van der Waals surface area contributed by atoms with Crippen LogP contribution >= 0.6 is 0 Å². The van der Waals surface area contributed by atoms with E-state index in [2.05, 4.69) is 4.95 Å². The summed E-state index contributed by atoms with van der Waals surface area (Å²) in [5, 5.41) is 1.00. The molecule has 0 aliphatic carbocycles. The van der Waals surface area contributed by atoms with Gasteiger partial charge in [0.1, 0.15) is 0 Å². The van der Waals surface area contributed by atoms with Gasteiger partial charge in [-0.1, -0.05) is 0 Å². The summed E-state index contributed by atoms with van der Waals surface area (Å²) in [4.78, 5) is 16.4. The SMILES string of the molecule is [C-]#[N+]N(C)C(=O)N(CC1CO1)CC1CO1. The Balaban J connectivity index is 1.89. The zero-order valence-corrected chi connectivity index (χ0v) is 8.55. The van der Waals surface area contributed by atoms with Gasteiger partial charge in [-0.05, 0) is 5.01 Å². The minimum absolute atomic E-state index is 0.145. The minimum Gasteiger partial charge on any atom is -0.371 e. The Morgan fingerprint density at radius 3 is 2.20 bits per heavy atom. The van der Waals surface area contributed by atoms with Crippen molar-refractivity contribution in [3.05, 3.63) is 11.5 Å². The van der Waals surface area contributed by atoms with Crippen LogP contribution in [0.5, 0.6) is 0 Å². The Labute approximate surface area is 88.1 Å². The monoisotopic (exact) mass is 211 g/mol. The van der Waals surface area contributed by atoms with Crippen molar-refractivity contribution < 1.29 is 14.3 Å². The average molecular weight is 211 g/mol. The molecule has 2 rings (SSSR count). The van der Waals surface area contributed by atoms with Gasteiger partial charge in [0.2, 0.25) is 0 Å². The lowest BCUT2D eigenvalue weighted by atomic mass is 10.3. The van der Waals surface area contributed by atoms with E-state index in [0.717, 1.165) is 5.01 Å². The van der Waals surface area contributed by atoms with Gasteiger partial charge in [0.05, 0.1) is 45.6 Å². The van der Waals surface area contributed by atoms with Crippen LogP contribution < -0.4 is 0 Å². The third kappa shape index (κ3) is 2.81. The number of urea groups is 1. The molecule has 0 aromatic heterocycles. The van der Waals surface area contributed by atoms with Gasteiger partial charge in [-0.3, -0.25) is 0 Å². The number of rotatable bonds is 4. The second kappa shape index (κ2) is 4.04.